The van der Waals surface area contributed by atoms with Crippen molar-refractivity contribution in [2.24, 2.45) is 0 Å². The highest BCUT2D eigenvalue weighted by molar-refractivity contribution is 7.17. The first-order chi connectivity index (χ1) is 8.75. The molecule has 1 aromatic heterocycles. The van der Waals surface area contributed by atoms with Gasteiger partial charge in [-0.2, -0.15) is 0 Å². The molecule has 1 aromatic carbocycles. The third-order valence-corrected chi connectivity index (χ3v) is 4.35. The van der Waals surface area contributed by atoms with E-state index in [2.05, 4.69) is 4.98 Å². The summed E-state index contributed by atoms with van der Waals surface area (Å²) >= 11 is 1.50. The monoisotopic (exact) mass is 258 g/mol. The Hall–Kier alpha value is -1.68. The lowest BCUT2D eigenvalue weighted by Crippen LogP contribution is -2.41. The van der Waals surface area contributed by atoms with Crippen LogP contribution in [0.3, 0.4) is 0 Å². The van der Waals surface area contributed by atoms with Crippen molar-refractivity contribution >= 4 is 17.2 Å². The van der Waals surface area contributed by atoms with Crippen molar-refractivity contribution in [3.8, 4) is 10.6 Å². The first-order valence-electron chi connectivity index (χ1n) is 6.08. The zero-order chi connectivity index (χ0) is 12.5. The number of nitrogens with zero attached hydrogens (tertiary/aromatic N) is 2. The standard InChI is InChI=1S/C14H14N2OS/c1-10-12(14(17)16-8-5-9-16)18-13(15-10)11-6-3-2-4-7-11/h2-4,6-7H,5,8-9H2,1H3. The number of thiazole rings is 1. The van der Waals surface area contributed by atoms with Gasteiger partial charge in [-0.25, -0.2) is 4.98 Å². The van der Waals surface area contributed by atoms with Gasteiger partial charge in [0, 0.05) is 18.7 Å². The Bertz CT molecular complexity index is 573. The van der Waals surface area contributed by atoms with Crippen molar-refractivity contribution in [1.82, 2.24) is 9.88 Å². The molecule has 4 heteroatoms. The molecule has 2 heterocycles. The Morgan fingerprint density at radius 1 is 1.28 bits per heavy atom. The second-order valence-corrected chi connectivity index (χ2v) is 5.44. The molecule has 1 aliphatic rings. The zero-order valence-electron chi connectivity index (χ0n) is 10.2. The lowest BCUT2D eigenvalue weighted by molar-refractivity contribution is 0.0656. The number of likely N-dealkylation sites (tertiary alicyclic amines) is 1. The van der Waals surface area contributed by atoms with E-state index in [4.69, 9.17) is 0 Å². The van der Waals surface area contributed by atoms with Gasteiger partial charge in [-0.05, 0) is 13.3 Å². The van der Waals surface area contributed by atoms with Gasteiger partial charge in [0.1, 0.15) is 9.88 Å². The van der Waals surface area contributed by atoms with E-state index < -0.39 is 0 Å². The Balaban J connectivity index is 1.93. The summed E-state index contributed by atoms with van der Waals surface area (Å²) in [6, 6.07) is 10.0. The number of rotatable bonds is 2. The molecular weight excluding hydrogens is 244 g/mol. The van der Waals surface area contributed by atoms with Gasteiger partial charge in [-0.1, -0.05) is 30.3 Å². The van der Waals surface area contributed by atoms with Crippen molar-refractivity contribution in [3.63, 3.8) is 0 Å². The second kappa shape index (κ2) is 4.53. The molecule has 0 spiro atoms. The first kappa shape index (κ1) is 11.4. The fraction of sp³-hybridized carbons (Fsp3) is 0.286. The minimum atomic E-state index is 0.137. The van der Waals surface area contributed by atoms with E-state index in [9.17, 15) is 4.79 Å². The van der Waals surface area contributed by atoms with Gasteiger partial charge in [0.15, 0.2) is 0 Å². The number of hydrogen-bond donors (Lipinski definition) is 0. The van der Waals surface area contributed by atoms with Crippen LogP contribution in [0.4, 0.5) is 0 Å². The summed E-state index contributed by atoms with van der Waals surface area (Å²) in [4.78, 5) is 19.4. The number of amides is 1. The van der Waals surface area contributed by atoms with Crippen molar-refractivity contribution in [3.05, 3.63) is 40.9 Å². The minimum absolute atomic E-state index is 0.137. The molecule has 1 amide bonds. The van der Waals surface area contributed by atoms with Gasteiger partial charge < -0.3 is 4.90 Å². The molecule has 0 saturated carbocycles. The van der Waals surface area contributed by atoms with E-state index in [1.807, 2.05) is 42.2 Å². The average Bonchev–Trinajstić information content (AvgIpc) is 2.70. The molecule has 0 atom stereocenters. The van der Waals surface area contributed by atoms with Crippen LogP contribution in [0.15, 0.2) is 30.3 Å². The van der Waals surface area contributed by atoms with Crippen LogP contribution in [0, 0.1) is 6.92 Å². The molecule has 2 aromatic rings. The molecule has 0 unspecified atom stereocenters. The predicted octanol–water partition coefficient (Wildman–Crippen LogP) is 2.96. The number of aromatic nitrogens is 1. The summed E-state index contributed by atoms with van der Waals surface area (Å²) in [7, 11) is 0. The smallest absolute Gasteiger partial charge is 0.265 e. The maximum atomic E-state index is 12.2. The Labute approximate surface area is 110 Å². The van der Waals surface area contributed by atoms with Gasteiger partial charge >= 0.3 is 0 Å². The molecule has 0 radical (unpaired) electrons. The highest BCUT2D eigenvalue weighted by Crippen LogP contribution is 2.29. The van der Waals surface area contributed by atoms with Gasteiger partial charge in [0.2, 0.25) is 0 Å². The van der Waals surface area contributed by atoms with Crippen molar-refractivity contribution in [2.45, 2.75) is 13.3 Å². The zero-order valence-corrected chi connectivity index (χ0v) is 11.0. The number of carbonyl (C=O) groups is 1. The summed E-state index contributed by atoms with van der Waals surface area (Å²) in [5, 5.41) is 0.928. The molecule has 92 valence electrons. The maximum Gasteiger partial charge on any atom is 0.265 e. The highest BCUT2D eigenvalue weighted by Gasteiger charge is 2.25. The topological polar surface area (TPSA) is 33.2 Å². The molecule has 0 bridgehead atoms. The third kappa shape index (κ3) is 1.93. The maximum absolute atomic E-state index is 12.2. The van der Waals surface area contributed by atoms with Gasteiger partial charge in [-0.15, -0.1) is 11.3 Å². The van der Waals surface area contributed by atoms with Gasteiger partial charge in [-0.3, -0.25) is 4.79 Å². The number of aryl methyl sites for hydroxylation is 1. The molecule has 3 rings (SSSR count). The minimum Gasteiger partial charge on any atom is -0.338 e. The Morgan fingerprint density at radius 3 is 2.61 bits per heavy atom. The highest BCUT2D eigenvalue weighted by atomic mass is 32.1. The average molecular weight is 258 g/mol. The molecular formula is C14H14N2OS. The third-order valence-electron chi connectivity index (χ3n) is 3.15. The van der Waals surface area contributed by atoms with Crippen LogP contribution in [0.2, 0.25) is 0 Å². The largest absolute Gasteiger partial charge is 0.338 e. The van der Waals surface area contributed by atoms with E-state index in [-0.39, 0.29) is 5.91 Å². The molecule has 0 aliphatic carbocycles. The number of benzene rings is 1. The van der Waals surface area contributed by atoms with Crippen molar-refractivity contribution in [2.75, 3.05) is 13.1 Å². The van der Waals surface area contributed by atoms with Crippen LogP contribution in [0.1, 0.15) is 21.8 Å². The van der Waals surface area contributed by atoms with Gasteiger partial charge in [0.05, 0.1) is 5.69 Å². The predicted molar refractivity (Wildman–Crippen MR) is 72.8 cm³/mol. The molecule has 1 fully saturated rings. The van der Waals surface area contributed by atoms with Crippen LogP contribution in [-0.2, 0) is 0 Å². The summed E-state index contributed by atoms with van der Waals surface area (Å²) in [6.07, 6.45) is 1.12. The normalized spacial score (nSPS) is 14.4. The summed E-state index contributed by atoms with van der Waals surface area (Å²) < 4.78 is 0. The molecule has 3 nitrogen and oxygen atoms in total. The summed E-state index contributed by atoms with van der Waals surface area (Å²) in [5.74, 6) is 0.137. The Morgan fingerprint density at radius 2 is 2.00 bits per heavy atom. The fourth-order valence-corrected chi connectivity index (χ4v) is 3.00. The lowest BCUT2D eigenvalue weighted by atomic mass is 10.2. The van der Waals surface area contributed by atoms with Crippen LogP contribution < -0.4 is 0 Å². The second-order valence-electron chi connectivity index (χ2n) is 4.45. The van der Waals surface area contributed by atoms with E-state index in [0.717, 1.165) is 40.7 Å². The van der Waals surface area contributed by atoms with E-state index in [0.29, 0.717) is 0 Å². The fourth-order valence-electron chi connectivity index (χ4n) is 1.96. The van der Waals surface area contributed by atoms with Gasteiger partial charge in [0.25, 0.3) is 5.91 Å². The van der Waals surface area contributed by atoms with Crippen LogP contribution >= 0.6 is 11.3 Å². The number of carbonyl (C=O) groups excluding carboxylic acids is 1. The SMILES string of the molecule is Cc1nc(-c2ccccc2)sc1C(=O)N1CCC1. The quantitative estimate of drug-likeness (QED) is 0.829. The molecule has 0 N–H and O–H groups in total. The molecule has 1 saturated heterocycles. The molecule has 18 heavy (non-hydrogen) atoms. The lowest BCUT2D eigenvalue weighted by Gasteiger charge is -2.30. The van der Waals surface area contributed by atoms with Crippen LogP contribution in [0.25, 0.3) is 10.6 Å². The summed E-state index contributed by atoms with van der Waals surface area (Å²) in [6.45, 7) is 3.68. The van der Waals surface area contributed by atoms with E-state index in [1.165, 1.54) is 11.3 Å². The van der Waals surface area contributed by atoms with E-state index in [1.54, 1.807) is 0 Å². The molecule has 1 aliphatic heterocycles. The van der Waals surface area contributed by atoms with Crippen LogP contribution in [0.5, 0.6) is 0 Å². The Kier molecular flexibility index (Phi) is 2.88. The van der Waals surface area contributed by atoms with E-state index >= 15 is 0 Å². The number of hydrogen-bond acceptors (Lipinski definition) is 3. The first-order valence-corrected chi connectivity index (χ1v) is 6.89. The van der Waals surface area contributed by atoms with Crippen molar-refractivity contribution in [1.29, 1.82) is 0 Å². The van der Waals surface area contributed by atoms with Crippen molar-refractivity contribution < 1.29 is 4.79 Å². The summed E-state index contributed by atoms with van der Waals surface area (Å²) in [5.41, 5.74) is 1.92. The van der Waals surface area contributed by atoms with Crippen LogP contribution in [-0.4, -0.2) is 28.9 Å².